The number of aromatic nitrogens is 1. The van der Waals surface area contributed by atoms with Gasteiger partial charge in [0.25, 0.3) is 5.69 Å². The van der Waals surface area contributed by atoms with E-state index in [1.165, 1.54) is 0 Å². The molecule has 1 fully saturated rings. The molecule has 134 valence electrons. The van der Waals surface area contributed by atoms with Crippen LogP contribution in [0.5, 0.6) is 0 Å². The fourth-order valence-electron chi connectivity index (χ4n) is 3.46. The van der Waals surface area contributed by atoms with Gasteiger partial charge in [0, 0.05) is 17.7 Å². The minimum absolute atomic E-state index is 0.0369. The van der Waals surface area contributed by atoms with Gasteiger partial charge in [-0.05, 0) is 58.1 Å². The third kappa shape index (κ3) is 3.66. The number of anilines is 1. The average molecular weight is 345 g/mol. The number of nitro benzene ring substituents is 1. The molecule has 25 heavy (non-hydrogen) atoms. The summed E-state index contributed by atoms with van der Waals surface area (Å²) in [6, 6.07) is 5.28. The summed E-state index contributed by atoms with van der Waals surface area (Å²) < 4.78 is 5.16. The summed E-state index contributed by atoms with van der Waals surface area (Å²) in [5.41, 5.74) is 2.14. The highest BCUT2D eigenvalue weighted by atomic mass is 16.6. The van der Waals surface area contributed by atoms with E-state index in [1.54, 1.807) is 19.1 Å². The molecule has 7 nitrogen and oxygen atoms in total. The Morgan fingerprint density at radius 2 is 2.04 bits per heavy atom. The van der Waals surface area contributed by atoms with Crippen LogP contribution in [-0.2, 0) is 0 Å². The molecule has 2 N–H and O–H groups in total. The van der Waals surface area contributed by atoms with Crippen molar-refractivity contribution in [2.24, 2.45) is 0 Å². The lowest BCUT2D eigenvalue weighted by Gasteiger charge is -2.33. The molecule has 3 rings (SSSR count). The average Bonchev–Trinajstić information content (AvgIpc) is 2.88. The predicted octanol–water partition coefficient (Wildman–Crippen LogP) is 3.97. The number of rotatable bonds is 4. The van der Waals surface area contributed by atoms with E-state index in [0.717, 1.165) is 24.0 Å². The van der Waals surface area contributed by atoms with Crippen molar-refractivity contribution < 1.29 is 14.6 Å². The largest absolute Gasteiger partial charge is 0.390 e. The van der Waals surface area contributed by atoms with Gasteiger partial charge in [-0.3, -0.25) is 10.1 Å². The van der Waals surface area contributed by atoms with E-state index in [9.17, 15) is 15.2 Å². The van der Waals surface area contributed by atoms with Crippen LogP contribution in [0, 0.1) is 24.0 Å². The van der Waals surface area contributed by atoms with E-state index < -0.39 is 5.60 Å². The minimum Gasteiger partial charge on any atom is -0.390 e. The molecule has 1 heterocycles. The van der Waals surface area contributed by atoms with Gasteiger partial charge in [0.1, 0.15) is 11.4 Å². The zero-order valence-corrected chi connectivity index (χ0v) is 14.7. The Balaban J connectivity index is 1.87. The summed E-state index contributed by atoms with van der Waals surface area (Å²) in [5, 5.41) is 28.8. The van der Waals surface area contributed by atoms with Gasteiger partial charge < -0.3 is 14.9 Å². The molecule has 7 heteroatoms. The minimum atomic E-state index is -0.628. The molecule has 1 aromatic heterocycles. The number of aliphatic hydroxyl groups is 1. The number of nitro groups is 1. The first-order valence-electron chi connectivity index (χ1n) is 8.47. The standard InChI is InChI=1S/C18H23N3O4/c1-11-17(12(2)25-20-11)13-4-5-15(16(10-13)21(23)24)19-14-6-8-18(3,22)9-7-14/h4-5,10,14,19,22H,6-9H2,1-3H3/t14-,18-. The van der Waals surface area contributed by atoms with E-state index in [0.29, 0.717) is 30.0 Å². The molecule has 0 amide bonds. The molecule has 0 spiro atoms. The molecule has 0 atom stereocenters. The van der Waals surface area contributed by atoms with Gasteiger partial charge >= 0.3 is 0 Å². The first-order valence-corrected chi connectivity index (χ1v) is 8.47. The summed E-state index contributed by atoms with van der Waals surface area (Å²) in [6.45, 7) is 5.45. The number of hydrogen-bond donors (Lipinski definition) is 2. The Kier molecular flexibility index (Phi) is 4.51. The maximum Gasteiger partial charge on any atom is 0.292 e. The lowest BCUT2D eigenvalue weighted by Crippen LogP contribution is -2.35. The molecule has 1 saturated carbocycles. The molecule has 1 aliphatic carbocycles. The van der Waals surface area contributed by atoms with Crippen molar-refractivity contribution in [2.45, 2.75) is 58.1 Å². The fraction of sp³-hybridized carbons (Fsp3) is 0.500. The van der Waals surface area contributed by atoms with E-state index in [2.05, 4.69) is 10.5 Å². The summed E-state index contributed by atoms with van der Waals surface area (Å²) in [6.07, 6.45) is 2.96. The summed E-state index contributed by atoms with van der Waals surface area (Å²) in [4.78, 5) is 11.2. The van der Waals surface area contributed by atoms with Gasteiger partial charge in [0.2, 0.25) is 0 Å². The van der Waals surface area contributed by atoms with Crippen LogP contribution < -0.4 is 5.32 Å². The molecule has 0 radical (unpaired) electrons. The molecule has 0 unspecified atom stereocenters. The second kappa shape index (κ2) is 6.48. The number of nitrogens with one attached hydrogen (secondary N) is 1. The quantitative estimate of drug-likeness (QED) is 0.642. The van der Waals surface area contributed by atoms with Crippen molar-refractivity contribution in [3.8, 4) is 11.1 Å². The molecular formula is C18H23N3O4. The lowest BCUT2D eigenvalue weighted by molar-refractivity contribution is -0.383. The molecule has 1 aliphatic rings. The molecule has 0 bridgehead atoms. The Morgan fingerprint density at radius 1 is 1.36 bits per heavy atom. The maximum absolute atomic E-state index is 11.5. The zero-order valence-electron chi connectivity index (χ0n) is 14.7. The SMILES string of the molecule is Cc1noc(C)c1-c1ccc(N[C@H]2CC[C@](C)(O)CC2)c([N+](=O)[O-])c1. The highest BCUT2D eigenvalue weighted by Crippen LogP contribution is 2.36. The molecule has 0 aliphatic heterocycles. The van der Waals surface area contributed by atoms with Gasteiger partial charge in [-0.1, -0.05) is 11.2 Å². The first kappa shape index (κ1) is 17.4. The molecule has 2 aromatic rings. The van der Waals surface area contributed by atoms with E-state index in [-0.39, 0.29) is 16.7 Å². The maximum atomic E-state index is 11.5. The summed E-state index contributed by atoms with van der Waals surface area (Å²) in [5.74, 6) is 0.641. The van der Waals surface area contributed by atoms with E-state index in [4.69, 9.17) is 4.52 Å². The van der Waals surface area contributed by atoms with Crippen molar-refractivity contribution in [2.75, 3.05) is 5.32 Å². The Hall–Kier alpha value is -2.41. The molecular weight excluding hydrogens is 322 g/mol. The van der Waals surface area contributed by atoms with E-state index >= 15 is 0 Å². The van der Waals surface area contributed by atoms with Crippen molar-refractivity contribution in [3.05, 3.63) is 39.8 Å². The summed E-state index contributed by atoms with van der Waals surface area (Å²) >= 11 is 0. The van der Waals surface area contributed by atoms with Gasteiger partial charge in [-0.25, -0.2) is 0 Å². The number of nitrogens with zero attached hydrogens (tertiary/aromatic N) is 2. The van der Waals surface area contributed by atoms with E-state index in [1.807, 2.05) is 19.9 Å². The van der Waals surface area contributed by atoms with Crippen LogP contribution in [0.15, 0.2) is 22.7 Å². The van der Waals surface area contributed by atoms with Crippen LogP contribution >= 0.6 is 0 Å². The monoisotopic (exact) mass is 345 g/mol. The van der Waals surface area contributed by atoms with Crippen LogP contribution in [0.4, 0.5) is 11.4 Å². The molecule has 0 saturated heterocycles. The second-order valence-corrected chi connectivity index (χ2v) is 7.10. The Morgan fingerprint density at radius 3 is 2.60 bits per heavy atom. The van der Waals surface area contributed by atoms with Crippen molar-refractivity contribution in [1.82, 2.24) is 5.16 Å². The van der Waals surface area contributed by atoms with Crippen molar-refractivity contribution in [3.63, 3.8) is 0 Å². The van der Waals surface area contributed by atoms with Crippen LogP contribution in [0.1, 0.15) is 44.1 Å². The van der Waals surface area contributed by atoms with Crippen molar-refractivity contribution in [1.29, 1.82) is 0 Å². The smallest absolute Gasteiger partial charge is 0.292 e. The van der Waals surface area contributed by atoms with Crippen LogP contribution in [0.3, 0.4) is 0 Å². The number of aryl methyl sites for hydroxylation is 2. The van der Waals surface area contributed by atoms with Crippen LogP contribution in [-0.4, -0.2) is 26.8 Å². The highest BCUT2D eigenvalue weighted by Gasteiger charge is 2.29. The fourth-order valence-corrected chi connectivity index (χ4v) is 3.46. The van der Waals surface area contributed by atoms with Gasteiger partial charge in [0.15, 0.2) is 0 Å². The van der Waals surface area contributed by atoms with Crippen molar-refractivity contribution >= 4 is 11.4 Å². The first-order chi connectivity index (χ1) is 11.8. The number of benzene rings is 1. The van der Waals surface area contributed by atoms with Gasteiger partial charge in [-0.15, -0.1) is 0 Å². The summed E-state index contributed by atoms with van der Waals surface area (Å²) in [7, 11) is 0. The highest BCUT2D eigenvalue weighted by molar-refractivity contribution is 5.75. The van der Waals surface area contributed by atoms with Crippen LogP contribution in [0.25, 0.3) is 11.1 Å². The third-order valence-electron chi connectivity index (χ3n) is 4.94. The topological polar surface area (TPSA) is 101 Å². The zero-order chi connectivity index (χ0) is 18.2. The van der Waals surface area contributed by atoms with Crippen LogP contribution in [0.2, 0.25) is 0 Å². The third-order valence-corrected chi connectivity index (χ3v) is 4.94. The Bertz CT molecular complexity index is 768. The number of hydrogen-bond acceptors (Lipinski definition) is 6. The van der Waals surface area contributed by atoms with Gasteiger partial charge in [0.05, 0.1) is 16.2 Å². The van der Waals surface area contributed by atoms with Gasteiger partial charge in [-0.2, -0.15) is 0 Å². The Labute approximate surface area is 146 Å². The lowest BCUT2D eigenvalue weighted by atomic mass is 9.83. The molecule has 1 aromatic carbocycles. The predicted molar refractivity (Wildman–Crippen MR) is 94.6 cm³/mol. The normalized spacial score (nSPS) is 23.4. The second-order valence-electron chi connectivity index (χ2n) is 7.10.